The van der Waals surface area contributed by atoms with Gasteiger partial charge in [-0.15, -0.1) is 0 Å². The Morgan fingerprint density at radius 1 is 0.560 bits per heavy atom. The Morgan fingerprint density at radius 2 is 1.08 bits per heavy atom. The predicted octanol–water partition coefficient (Wildman–Crippen LogP) is 7.23. The van der Waals surface area contributed by atoms with Crippen LogP contribution in [-0.2, 0) is 12.8 Å². The molecule has 0 radical (unpaired) electrons. The van der Waals surface area contributed by atoms with Crippen LogP contribution in [-0.4, -0.2) is 0 Å². The summed E-state index contributed by atoms with van der Waals surface area (Å²) < 4.78 is 0. The van der Waals surface area contributed by atoms with E-state index in [0.29, 0.717) is 0 Å². The molecule has 3 aromatic carbocycles. The molecule has 0 atom stereocenters. The Bertz CT molecular complexity index is 842. The van der Waals surface area contributed by atoms with Crippen molar-refractivity contribution in [2.24, 2.45) is 0 Å². The number of aryl methyl sites for hydroxylation is 3. The van der Waals surface area contributed by atoms with Gasteiger partial charge in [0.25, 0.3) is 0 Å². The number of hydrogen-bond donors (Lipinski definition) is 0. The first kappa shape index (κ1) is 17.5. The minimum atomic E-state index is 1.13. The molecule has 0 bridgehead atoms. The molecule has 0 aliphatic heterocycles. The Morgan fingerprint density at radius 3 is 1.72 bits per heavy atom. The van der Waals surface area contributed by atoms with Gasteiger partial charge in [0.2, 0.25) is 0 Å². The smallest absolute Gasteiger partial charge is 0.00733 e. The molecule has 0 aromatic heterocycles. The van der Waals surface area contributed by atoms with Crippen LogP contribution in [0.1, 0.15) is 43.4 Å². The normalized spacial score (nSPS) is 10.8. The van der Waals surface area contributed by atoms with Gasteiger partial charge in [0.1, 0.15) is 0 Å². The first-order valence-electron chi connectivity index (χ1n) is 9.52. The molecule has 0 heterocycles. The first-order chi connectivity index (χ1) is 12.3. The number of benzene rings is 3. The van der Waals surface area contributed by atoms with Crippen molar-refractivity contribution in [1.29, 1.82) is 0 Å². The van der Waals surface area contributed by atoms with Crippen LogP contribution < -0.4 is 0 Å². The van der Waals surface area contributed by atoms with Crippen molar-refractivity contribution in [2.75, 3.05) is 0 Å². The quantitative estimate of drug-likeness (QED) is 0.447. The molecule has 128 valence electrons. The largest absolute Gasteiger partial charge is 0.0651 e. The van der Waals surface area contributed by atoms with Gasteiger partial charge in [-0.2, -0.15) is 0 Å². The van der Waals surface area contributed by atoms with E-state index in [2.05, 4.69) is 87.5 Å². The van der Waals surface area contributed by atoms with Crippen molar-refractivity contribution in [2.45, 2.75) is 46.5 Å². The van der Waals surface area contributed by atoms with Crippen LogP contribution in [0, 0.1) is 6.92 Å². The third kappa shape index (κ3) is 3.69. The van der Waals surface area contributed by atoms with Crippen LogP contribution in [0.15, 0.2) is 66.7 Å². The molecule has 0 aliphatic carbocycles. The van der Waals surface area contributed by atoms with E-state index >= 15 is 0 Å². The fourth-order valence-corrected chi connectivity index (χ4v) is 3.77. The molecule has 0 heteroatoms. The second-order valence-electron chi connectivity index (χ2n) is 6.81. The van der Waals surface area contributed by atoms with Crippen molar-refractivity contribution >= 4 is 0 Å². The average molecular weight is 328 g/mol. The lowest BCUT2D eigenvalue weighted by Gasteiger charge is -2.18. The van der Waals surface area contributed by atoms with Gasteiger partial charge in [-0.3, -0.25) is 0 Å². The zero-order valence-electron chi connectivity index (χ0n) is 15.7. The Labute approximate surface area is 152 Å². The second kappa shape index (κ2) is 8.16. The predicted molar refractivity (Wildman–Crippen MR) is 110 cm³/mol. The van der Waals surface area contributed by atoms with E-state index in [1.807, 2.05) is 0 Å². The van der Waals surface area contributed by atoms with Crippen molar-refractivity contribution < 1.29 is 0 Å². The summed E-state index contributed by atoms with van der Waals surface area (Å²) in [6.45, 7) is 6.75. The van der Waals surface area contributed by atoms with E-state index in [-0.39, 0.29) is 0 Å². The van der Waals surface area contributed by atoms with Crippen molar-refractivity contribution in [1.82, 2.24) is 0 Å². The highest BCUT2D eigenvalue weighted by Crippen LogP contribution is 2.38. The van der Waals surface area contributed by atoms with Crippen LogP contribution >= 0.6 is 0 Å². The van der Waals surface area contributed by atoms with Gasteiger partial charge < -0.3 is 0 Å². The molecule has 3 aromatic rings. The van der Waals surface area contributed by atoms with Crippen LogP contribution in [0.4, 0.5) is 0 Å². The van der Waals surface area contributed by atoms with Gasteiger partial charge in [-0.1, -0.05) is 93.4 Å². The highest BCUT2D eigenvalue weighted by Gasteiger charge is 2.14. The number of rotatable bonds is 6. The summed E-state index contributed by atoms with van der Waals surface area (Å²) in [5.74, 6) is 0. The summed E-state index contributed by atoms with van der Waals surface area (Å²) in [5.41, 5.74) is 9.80. The van der Waals surface area contributed by atoms with Gasteiger partial charge >= 0.3 is 0 Å². The summed E-state index contributed by atoms with van der Waals surface area (Å²) >= 11 is 0. The van der Waals surface area contributed by atoms with Crippen LogP contribution in [0.3, 0.4) is 0 Å². The van der Waals surface area contributed by atoms with Crippen molar-refractivity contribution in [3.63, 3.8) is 0 Å². The lowest BCUT2D eigenvalue weighted by Crippen LogP contribution is -1.96. The average Bonchev–Trinajstić information content (AvgIpc) is 2.63. The fraction of sp³-hybridized carbons (Fsp3) is 0.280. The van der Waals surface area contributed by atoms with Crippen molar-refractivity contribution in [3.8, 4) is 22.3 Å². The van der Waals surface area contributed by atoms with Crippen molar-refractivity contribution in [3.05, 3.63) is 83.4 Å². The highest BCUT2D eigenvalue weighted by atomic mass is 14.2. The maximum atomic E-state index is 2.29. The van der Waals surface area contributed by atoms with Crippen LogP contribution in [0.25, 0.3) is 22.3 Å². The Kier molecular flexibility index (Phi) is 5.71. The van der Waals surface area contributed by atoms with E-state index in [1.165, 1.54) is 51.8 Å². The summed E-state index contributed by atoms with van der Waals surface area (Å²) in [6, 6.07) is 24.5. The third-order valence-corrected chi connectivity index (χ3v) is 4.91. The van der Waals surface area contributed by atoms with E-state index < -0.39 is 0 Å². The van der Waals surface area contributed by atoms with Crippen LogP contribution in [0.2, 0.25) is 0 Å². The van der Waals surface area contributed by atoms with E-state index in [1.54, 1.807) is 0 Å². The summed E-state index contributed by atoms with van der Waals surface area (Å²) in [7, 11) is 0. The van der Waals surface area contributed by atoms with Crippen LogP contribution in [0.5, 0.6) is 0 Å². The molecule has 0 amide bonds. The zero-order chi connectivity index (χ0) is 17.6. The summed E-state index contributed by atoms with van der Waals surface area (Å²) in [4.78, 5) is 0. The van der Waals surface area contributed by atoms with E-state index in [9.17, 15) is 0 Å². The fourth-order valence-electron chi connectivity index (χ4n) is 3.77. The standard InChI is InChI=1S/C25H28/c1-4-11-20-14-6-8-16-22(20)24-18-10-13-19(3)25(24)23-17-9-7-15-21(23)12-5-2/h6-10,13-18H,4-5,11-12H2,1-3H3. The molecule has 0 N–H and O–H groups in total. The van der Waals surface area contributed by atoms with Gasteiger partial charge in [0, 0.05) is 0 Å². The molecule has 25 heavy (non-hydrogen) atoms. The molecule has 0 aliphatic rings. The van der Waals surface area contributed by atoms with E-state index in [0.717, 1.165) is 12.8 Å². The maximum absolute atomic E-state index is 2.29. The molecule has 3 rings (SSSR count). The molecule has 0 spiro atoms. The molecule has 0 unspecified atom stereocenters. The highest BCUT2D eigenvalue weighted by molar-refractivity contribution is 5.88. The molecular weight excluding hydrogens is 300 g/mol. The summed E-state index contributed by atoms with van der Waals surface area (Å²) in [5, 5.41) is 0. The minimum Gasteiger partial charge on any atom is -0.0651 e. The zero-order valence-corrected chi connectivity index (χ0v) is 15.7. The van der Waals surface area contributed by atoms with E-state index in [4.69, 9.17) is 0 Å². The SMILES string of the molecule is CCCc1ccccc1-c1cccc(C)c1-c1ccccc1CCC. The van der Waals surface area contributed by atoms with Gasteiger partial charge in [-0.05, 0) is 58.7 Å². The number of hydrogen-bond acceptors (Lipinski definition) is 0. The first-order valence-corrected chi connectivity index (χ1v) is 9.52. The molecule has 0 saturated heterocycles. The molecule has 0 saturated carbocycles. The minimum absolute atomic E-state index is 1.13. The second-order valence-corrected chi connectivity index (χ2v) is 6.81. The topological polar surface area (TPSA) is 0 Å². The molecule has 0 fully saturated rings. The van der Waals surface area contributed by atoms with Gasteiger partial charge in [-0.25, -0.2) is 0 Å². The molecule has 0 nitrogen and oxygen atoms in total. The lowest BCUT2D eigenvalue weighted by atomic mass is 9.86. The monoisotopic (exact) mass is 328 g/mol. The third-order valence-electron chi connectivity index (χ3n) is 4.91. The Hall–Kier alpha value is -2.34. The summed E-state index contributed by atoms with van der Waals surface area (Å²) in [6.07, 6.45) is 4.59. The maximum Gasteiger partial charge on any atom is -0.00733 e. The van der Waals surface area contributed by atoms with Gasteiger partial charge in [0.15, 0.2) is 0 Å². The molecular formula is C25H28. The Balaban J connectivity index is 2.24. The van der Waals surface area contributed by atoms with Gasteiger partial charge in [0.05, 0.1) is 0 Å². The lowest BCUT2D eigenvalue weighted by molar-refractivity contribution is 0.922.